The molecule has 3 rings (SSSR count). The highest BCUT2D eigenvalue weighted by molar-refractivity contribution is 7.18. The van der Waals surface area contributed by atoms with Gasteiger partial charge in [-0.1, -0.05) is 0 Å². The van der Waals surface area contributed by atoms with E-state index in [0.717, 1.165) is 27.7 Å². The number of hydrogen-bond acceptors (Lipinski definition) is 8. The number of fused-ring (bicyclic) bond motifs is 1. The van der Waals surface area contributed by atoms with Crippen LogP contribution in [0.4, 0.5) is 5.82 Å². The monoisotopic (exact) mass is 375 g/mol. The molecule has 3 aromatic heterocycles. The Hall–Kier alpha value is -2.10. The number of ether oxygens (including phenoxy) is 1. The van der Waals surface area contributed by atoms with Crippen molar-refractivity contribution in [3.63, 3.8) is 0 Å². The lowest BCUT2D eigenvalue weighted by atomic mass is 10.2. The molecule has 8 nitrogen and oxygen atoms in total. The Kier molecular flexibility index (Phi) is 5.80. The van der Waals surface area contributed by atoms with E-state index < -0.39 is 0 Å². The minimum atomic E-state index is -0.0576. The minimum absolute atomic E-state index is 0.0576. The summed E-state index contributed by atoms with van der Waals surface area (Å²) in [5.74, 6) is 2.43. The van der Waals surface area contributed by atoms with Crippen molar-refractivity contribution in [1.82, 2.24) is 24.7 Å². The van der Waals surface area contributed by atoms with Crippen molar-refractivity contribution in [3.05, 3.63) is 28.4 Å². The molecule has 140 valence electrons. The molecular formula is C17H25N7OS. The Morgan fingerprint density at radius 3 is 2.88 bits per heavy atom. The predicted octanol–water partition coefficient (Wildman–Crippen LogP) is 2.22. The van der Waals surface area contributed by atoms with Crippen LogP contribution in [-0.2, 0) is 17.7 Å². The molecule has 26 heavy (non-hydrogen) atoms. The van der Waals surface area contributed by atoms with E-state index in [-0.39, 0.29) is 6.04 Å². The molecule has 0 amide bonds. The third-order valence-corrected chi connectivity index (χ3v) is 5.47. The summed E-state index contributed by atoms with van der Waals surface area (Å²) in [4.78, 5) is 11.6. The van der Waals surface area contributed by atoms with Crippen LogP contribution in [-0.4, -0.2) is 45.0 Å². The molecule has 0 aromatic carbocycles. The topological polar surface area (TPSA) is 104 Å². The first-order valence-corrected chi connectivity index (χ1v) is 9.46. The normalized spacial score (nSPS) is 12.7. The summed E-state index contributed by atoms with van der Waals surface area (Å²) >= 11 is 1.69. The summed E-state index contributed by atoms with van der Waals surface area (Å²) in [5.41, 5.74) is 6.91. The summed E-state index contributed by atoms with van der Waals surface area (Å²) in [6, 6.07) is -0.0576. The molecule has 0 spiro atoms. The van der Waals surface area contributed by atoms with Crippen molar-refractivity contribution < 1.29 is 4.74 Å². The van der Waals surface area contributed by atoms with Crippen LogP contribution in [0.3, 0.4) is 0 Å². The molecule has 1 atom stereocenters. The number of rotatable bonds is 8. The van der Waals surface area contributed by atoms with Crippen LogP contribution in [0.25, 0.3) is 10.2 Å². The lowest BCUT2D eigenvalue weighted by Crippen LogP contribution is -2.17. The fourth-order valence-electron chi connectivity index (χ4n) is 2.87. The summed E-state index contributed by atoms with van der Waals surface area (Å²) < 4.78 is 7.15. The molecule has 0 saturated carbocycles. The fourth-order valence-corrected chi connectivity index (χ4v) is 3.92. The number of nitrogens with two attached hydrogens (primary N) is 1. The standard InChI is InChI=1S/C17H25N7OS/c1-10-12(3)26-17-14(10)15(21-13(22-17)5-6-18)20-11(2)16-23-19-9-24(16)7-8-25-4/h9,11H,5-8,18H2,1-4H3,(H,20,21,22). The van der Waals surface area contributed by atoms with Gasteiger partial charge in [-0.3, -0.25) is 0 Å². The van der Waals surface area contributed by atoms with Crippen molar-refractivity contribution in [2.75, 3.05) is 25.6 Å². The summed E-state index contributed by atoms with van der Waals surface area (Å²) in [5, 5.41) is 12.9. The number of nitrogens with zero attached hydrogens (tertiary/aromatic N) is 5. The highest BCUT2D eigenvalue weighted by Gasteiger charge is 2.19. The SMILES string of the molecule is COCCn1cnnc1C(C)Nc1nc(CCN)nc2sc(C)c(C)c12. The van der Waals surface area contributed by atoms with Gasteiger partial charge in [-0.05, 0) is 32.9 Å². The molecule has 0 bridgehead atoms. The van der Waals surface area contributed by atoms with Gasteiger partial charge in [0.15, 0.2) is 5.82 Å². The molecule has 1 unspecified atom stereocenters. The summed E-state index contributed by atoms with van der Waals surface area (Å²) in [7, 11) is 1.68. The molecule has 0 saturated heterocycles. The summed E-state index contributed by atoms with van der Waals surface area (Å²) in [6.45, 7) is 8.11. The fraction of sp³-hybridized carbons (Fsp3) is 0.529. The van der Waals surface area contributed by atoms with Gasteiger partial charge in [0.25, 0.3) is 0 Å². The van der Waals surface area contributed by atoms with E-state index in [1.807, 2.05) is 4.57 Å². The van der Waals surface area contributed by atoms with Crippen molar-refractivity contribution in [2.24, 2.45) is 5.73 Å². The van der Waals surface area contributed by atoms with E-state index in [1.54, 1.807) is 24.8 Å². The van der Waals surface area contributed by atoms with Crippen LogP contribution < -0.4 is 11.1 Å². The van der Waals surface area contributed by atoms with Crippen LogP contribution in [0.5, 0.6) is 0 Å². The number of nitrogens with one attached hydrogen (secondary N) is 1. The number of anilines is 1. The molecule has 3 heterocycles. The third-order valence-electron chi connectivity index (χ3n) is 4.37. The van der Waals surface area contributed by atoms with Crippen LogP contribution in [0.2, 0.25) is 0 Å². The maximum atomic E-state index is 5.70. The second-order valence-electron chi connectivity index (χ2n) is 6.23. The zero-order valence-electron chi connectivity index (χ0n) is 15.6. The third kappa shape index (κ3) is 3.69. The zero-order valence-corrected chi connectivity index (χ0v) is 16.4. The Morgan fingerprint density at radius 1 is 1.35 bits per heavy atom. The lowest BCUT2D eigenvalue weighted by molar-refractivity contribution is 0.186. The highest BCUT2D eigenvalue weighted by atomic mass is 32.1. The van der Waals surface area contributed by atoms with Gasteiger partial charge in [0.1, 0.15) is 22.8 Å². The van der Waals surface area contributed by atoms with Crippen LogP contribution >= 0.6 is 11.3 Å². The van der Waals surface area contributed by atoms with Gasteiger partial charge in [0.2, 0.25) is 0 Å². The van der Waals surface area contributed by atoms with Crippen LogP contribution in [0, 0.1) is 13.8 Å². The van der Waals surface area contributed by atoms with Gasteiger partial charge >= 0.3 is 0 Å². The Labute approximate surface area is 156 Å². The molecule has 0 fully saturated rings. The Bertz CT molecular complexity index is 889. The summed E-state index contributed by atoms with van der Waals surface area (Å²) in [6.07, 6.45) is 2.38. The van der Waals surface area contributed by atoms with Gasteiger partial charge in [-0.2, -0.15) is 0 Å². The molecule has 3 aromatic rings. The lowest BCUT2D eigenvalue weighted by Gasteiger charge is -2.17. The highest BCUT2D eigenvalue weighted by Crippen LogP contribution is 2.34. The zero-order chi connectivity index (χ0) is 18.7. The van der Waals surface area contributed by atoms with Crippen molar-refractivity contribution >= 4 is 27.4 Å². The quantitative estimate of drug-likeness (QED) is 0.622. The van der Waals surface area contributed by atoms with Gasteiger partial charge < -0.3 is 20.4 Å². The first-order valence-electron chi connectivity index (χ1n) is 8.65. The average Bonchev–Trinajstić information content (AvgIpc) is 3.18. The van der Waals surface area contributed by atoms with Gasteiger partial charge in [-0.15, -0.1) is 21.5 Å². The molecule has 9 heteroatoms. The van der Waals surface area contributed by atoms with Crippen LogP contribution in [0.15, 0.2) is 6.33 Å². The predicted molar refractivity (Wildman–Crippen MR) is 104 cm³/mol. The molecule has 0 aliphatic rings. The van der Waals surface area contributed by atoms with E-state index in [1.165, 1.54) is 10.4 Å². The van der Waals surface area contributed by atoms with E-state index in [9.17, 15) is 0 Å². The van der Waals surface area contributed by atoms with E-state index in [4.69, 9.17) is 15.5 Å². The van der Waals surface area contributed by atoms with E-state index in [2.05, 4.69) is 41.3 Å². The first kappa shape index (κ1) is 18.7. The maximum absolute atomic E-state index is 5.70. The number of aryl methyl sites for hydroxylation is 2. The average molecular weight is 376 g/mol. The Morgan fingerprint density at radius 2 is 2.15 bits per heavy atom. The van der Waals surface area contributed by atoms with Gasteiger partial charge in [0.05, 0.1) is 18.0 Å². The first-order chi connectivity index (χ1) is 12.5. The molecule has 3 N–H and O–H groups in total. The maximum Gasteiger partial charge on any atom is 0.155 e. The number of methoxy groups -OCH3 is 1. The number of hydrogen-bond donors (Lipinski definition) is 2. The van der Waals surface area contributed by atoms with Crippen molar-refractivity contribution in [2.45, 2.75) is 39.8 Å². The van der Waals surface area contributed by atoms with Crippen molar-refractivity contribution in [1.29, 1.82) is 0 Å². The number of aromatic nitrogens is 5. The molecule has 0 radical (unpaired) electrons. The smallest absolute Gasteiger partial charge is 0.155 e. The van der Waals surface area contributed by atoms with E-state index in [0.29, 0.717) is 26.1 Å². The second kappa shape index (κ2) is 8.07. The largest absolute Gasteiger partial charge is 0.383 e. The molecule has 0 aliphatic heterocycles. The molecule has 0 aliphatic carbocycles. The second-order valence-corrected chi connectivity index (χ2v) is 7.44. The van der Waals surface area contributed by atoms with Crippen LogP contribution in [0.1, 0.15) is 35.1 Å². The van der Waals surface area contributed by atoms with Crippen molar-refractivity contribution in [3.8, 4) is 0 Å². The van der Waals surface area contributed by atoms with Gasteiger partial charge in [-0.25, -0.2) is 9.97 Å². The number of thiophene rings is 1. The minimum Gasteiger partial charge on any atom is -0.383 e. The van der Waals surface area contributed by atoms with Gasteiger partial charge in [0, 0.05) is 25.0 Å². The molecular weight excluding hydrogens is 350 g/mol. The van der Waals surface area contributed by atoms with E-state index >= 15 is 0 Å². The Balaban J connectivity index is 1.95.